The largest absolute Gasteiger partial charge is 0.388 e. The molecule has 0 aliphatic heterocycles. The summed E-state index contributed by atoms with van der Waals surface area (Å²) in [6.45, 7) is 7.48. The van der Waals surface area contributed by atoms with Crippen LogP contribution in [0.3, 0.4) is 0 Å². The van der Waals surface area contributed by atoms with E-state index in [4.69, 9.17) is 0 Å². The second-order valence-electron chi connectivity index (χ2n) is 3.47. The molecule has 2 unspecified atom stereocenters. The van der Waals surface area contributed by atoms with Crippen molar-refractivity contribution in [2.24, 2.45) is 0 Å². The average Bonchev–Trinajstić information content (AvgIpc) is 2.27. The lowest BCUT2D eigenvalue weighted by atomic mass is 10.2. The SMILES string of the molecule is C=C(C(O)CC)S(=O)c1ccc(C)cc1. The molecule has 0 bridgehead atoms. The van der Waals surface area contributed by atoms with Gasteiger partial charge < -0.3 is 5.11 Å². The van der Waals surface area contributed by atoms with Crippen LogP contribution in [0.1, 0.15) is 18.9 Å². The van der Waals surface area contributed by atoms with E-state index >= 15 is 0 Å². The van der Waals surface area contributed by atoms with Gasteiger partial charge in [-0.2, -0.15) is 0 Å². The zero-order valence-corrected chi connectivity index (χ0v) is 9.88. The lowest BCUT2D eigenvalue weighted by Gasteiger charge is -2.11. The number of hydrogen-bond donors (Lipinski definition) is 1. The van der Waals surface area contributed by atoms with Crippen LogP contribution in [0.15, 0.2) is 40.6 Å². The van der Waals surface area contributed by atoms with Crippen LogP contribution in [0.5, 0.6) is 0 Å². The van der Waals surface area contributed by atoms with Gasteiger partial charge in [0.2, 0.25) is 0 Å². The maximum absolute atomic E-state index is 11.9. The van der Waals surface area contributed by atoms with Gasteiger partial charge in [0.05, 0.1) is 16.9 Å². The molecule has 0 fully saturated rings. The summed E-state index contributed by atoms with van der Waals surface area (Å²) in [5.74, 6) is 0. The molecule has 1 aromatic rings. The molecule has 0 saturated heterocycles. The van der Waals surface area contributed by atoms with Crippen LogP contribution in [0.2, 0.25) is 0 Å². The van der Waals surface area contributed by atoms with Crippen LogP contribution in [0, 0.1) is 6.92 Å². The smallest absolute Gasteiger partial charge is 0.0868 e. The second-order valence-corrected chi connectivity index (χ2v) is 5.01. The molecular formula is C12H16O2S. The third kappa shape index (κ3) is 3.01. The van der Waals surface area contributed by atoms with Crippen molar-refractivity contribution in [2.75, 3.05) is 0 Å². The van der Waals surface area contributed by atoms with Gasteiger partial charge in [-0.25, -0.2) is 4.21 Å². The molecule has 0 radical (unpaired) electrons. The van der Waals surface area contributed by atoms with Crippen LogP contribution in [0.4, 0.5) is 0 Å². The predicted octanol–water partition coefficient (Wildman–Crippen LogP) is 2.39. The Hall–Kier alpha value is -0.930. The molecule has 3 heteroatoms. The first-order valence-corrected chi connectivity index (χ1v) is 6.06. The van der Waals surface area contributed by atoms with Gasteiger partial charge in [0.1, 0.15) is 0 Å². The van der Waals surface area contributed by atoms with E-state index in [2.05, 4.69) is 6.58 Å². The van der Waals surface area contributed by atoms with E-state index < -0.39 is 16.9 Å². The summed E-state index contributed by atoms with van der Waals surface area (Å²) in [5.41, 5.74) is 1.12. The van der Waals surface area contributed by atoms with Crippen molar-refractivity contribution in [1.29, 1.82) is 0 Å². The van der Waals surface area contributed by atoms with Crippen molar-refractivity contribution in [3.63, 3.8) is 0 Å². The summed E-state index contributed by atoms with van der Waals surface area (Å²) >= 11 is 0. The highest BCUT2D eigenvalue weighted by atomic mass is 32.2. The lowest BCUT2D eigenvalue weighted by molar-refractivity contribution is 0.215. The van der Waals surface area contributed by atoms with Crippen molar-refractivity contribution < 1.29 is 9.32 Å². The molecule has 82 valence electrons. The Morgan fingerprint density at radius 2 is 2.00 bits per heavy atom. The molecule has 15 heavy (non-hydrogen) atoms. The second kappa shape index (κ2) is 5.24. The van der Waals surface area contributed by atoms with E-state index in [0.717, 1.165) is 5.56 Å². The van der Waals surface area contributed by atoms with Crippen molar-refractivity contribution >= 4 is 10.8 Å². The Morgan fingerprint density at radius 1 is 1.47 bits per heavy atom. The molecule has 0 amide bonds. The highest BCUT2D eigenvalue weighted by molar-refractivity contribution is 7.89. The van der Waals surface area contributed by atoms with E-state index in [1.54, 1.807) is 12.1 Å². The Bertz CT molecular complexity index is 368. The first kappa shape index (κ1) is 12.1. The third-order valence-corrected chi connectivity index (χ3v) is 3.68. The molecule has 0 heterocycles. The van der Waals surface area contributed by atoms with Gasteiger partial charge in [-0.3, -0.25) is 0 Å². The van der Waals surface area contributed by atoms with E-state index in [1.165, 1.54) is 0 Å². The normalized spacial score (nSPS) is 14.6. The van der Waals surface area contributed by atoms with Crippen LogP contribution in [0.25, 0.3) is 0 Å². The summed E-state index contributed by atoms with van der Waals surface area (Å²) in [5, 5.41) is 9.52. The summed E-state index contributed by atoms with van der Waals surface area (Å²) in [7, 11) is -1.31. The predicted molar refractivity (Wildman–Crippen MR) is 63.0 cm³/mol. The molecule has 2 atom stereocenters. The molecule has 0 aliphatic rings. The monoisotopic (exact) mass is 224 g/mol. The van der Waals surface area contributed by atoms with Gasteiger partial charge in [-0.1, -0.05) is 31.2 Å². The van der Waals surface area contributed by atoms with Gasteiger partial charge in [-0.05, 0) is 25.5 Å². The number of aliphatic hydroxyl groups excluding tert-OH is 1. The average molecular weight is 224 g/mol. The first-order chi connectivity index (χ1) is 7.06. The molecular weight excluding hydrogens is 208 g/mol. The van der Waals surface area contributed by atoms with Crippen molar-refractivity contribution in [3.05, 3.63) is 41.3 Å². The Balaban J connectivity index is 2.85. The molecule has 0 aromatic heterocycles. The fourth-order valence-electron chi connectivity index (χ4n) is 1.16. The van der Waals surface area contributed by atoms with E-state index in [1.807, 2.05) is 26.0 Å². The van der Waals surface area contributed by atoms with Crippen LogP contribution < -0.4 is 0 Å². The minimum absolute atomic E-state index is 0.376. The lowest BCUT2D eigenvalue weighted by Crippen LogP contribution is -2.12. The zero-order chi connectivity index (χ0) is 11.4. The number of rotatable bonds is 4. The molecule has 1 N–H and O–H groups in total. The van der Waals surface area contributed by atoms with Crippen molar-refractivity contribution in [2.45, 2.75) is 31.3 Å². The van der Waals surface area contributed by atoms with Gasteiger partial charge in [0.25, 0.3) is 0 Å². The molecule has 2 nitrogen and oxygen atoms in total. The fraction of sp³-hybridized carbons (Fsp3) is 0.333. The van der Waals surface area contributed by atoms with Gasteiger partial charge in [-0.15, -0.1) is 0 Å². The Morgan fingerprint density at radius 3 is 2.47 bits per heavy atom. The summed E-state index contributed by atoms with van der Waals surface area (Å²) in [6.07, 6.45) is -0.150. The van der Waals surface area contributed by atoms with Gasteiger partial charge >= 0.3 is 0 Å². The van der Waals surface area contributed by atoms with Crippen LogP contribution in [-0.2, 0) is 10.8 Å². The highest BCUT2D eigenvalue weighted by Crippen LogP contribution is 2.17. The standard InChI is InChI=1S/C12H16O2S/c1-4-12(13)10(3)15(14)11-7-5-9(2)6-8-11/h5-8,12-13H,3-4H2,1-2H3. The summed E-state index contributed by atoms with van der Waals surface area (Å²) in [4.78, 5) is 1.07. The number of aryl methyl sites for hydroxylation is 1. The van der Waals surface area contributed by atoms with E-state index in [9.17, 15) is 9.32 Å². The quantitative estimate of drug-likeness (QED) is 0.852. The third-order valence-electron chi connectivity index (χ3n) is 2.23. The van der Waals surface area contributed by atoms with Crippen LogP contribution >= 0.6 is 0 Å². The number of hydrogen-bond acceptors (Lipinski definition) is 2. The first-order valence-electron chi connectivity index (χ1n) is 4.91. The molecule has 1 rings (SSSR count). The number of aliphatic hydroxyl groups is 1. The maximum Gasteiger partial charge on any atom is 0.0868 e. The van der Waals surface area contributed by atoms with Gasteiger partial charge in [0, 0.05) is 9.80 Å². The molecule has 0 spiro atoms. The van der Waals surface area contributed by atoms with Crippen molar-refractivity contribution in [3.8, 4) is 0 Å². The Kier molecular flexibility index (Phi) is 4.24. The van der Waals surface area contributed by atoms with Gasteiger partial charge in [0.15, 0.2) is 0 Å². The fourth-order valence-corrected chi connectivity index (χ4v) is 2.26. The highest BCUT2D eigenvalue weighted by Gasteiger charge is 2.14. The zero-order valence-electron chi connectivity index (χ0n) is 9.06. The molecule has 1 aromatic carbocycles. The van der Waals surface area contributed by atoms with Crippen LogP contribution in [-0.4, -0.2) is 15.4 Å². The Labute approximate surface area is 93.1 Å². The topological polar surface area (TPSA) is 37.3 Å². The summed E-state index contributed by atoms with van der Waals surface area (Å²) in [6, 6.07) is 7.41. The summed E-state index contributed by atoms with van der Waals surface area (Å²) < 4.78 is 11.9. The van der Waals surface area contributed by atoms with Crippen molar-refractivity contribution in [1.82, 2.24) is 0 Å². The minimum Gasteiger partial charge on any atom is -0.388 e. The van der Waals surface area contributed by atoms with E-state index in [0.29, 0.717) is 16.2 Å². The number of benzene rings is 1. The maximum atomic E-state index is 11.9. The van der Waals surface area contributed by atoms with E-state index in [-0.39, 0.29) is 0 Å². The minimum atomic E-state index is -1.31. The molecule has 0 saturated carbocycles. The molecule has 0 aliphatic carbocycles.